The average molecular weight is 598 g/mol. The summed E-state index contributed by atoms with van der Waals surface area (Å²) in [5.41, 5.74) is 6.04. The van der Waals surface area contributed by atoms with E-state index in [1.165, 1.54) is 64.8 Å². The Morgan fingerprint density at radius 2 is 1.16 bits per heavy atom. The third-order valence-corrected chi connectivity index (χ3v) is 11.5. The second-order valence-corrected chi connectivity index (χ2v) is 13.8. The largest absolute Gasteiger partial charge is 0.679 e. The SMILES string of the molecule is [SH2+]c1cccc2cccc(O[si-]3c4ccccc4c4cc(-c5ccc6c(c5)c5ccccc5n6-c5ccccc5)ccc43)c12. The fourth-order valence-electron chi connectivity index (χ4n) is 6.82. The second kappa shape index (κ2) is 10.0. The van der Waals surface area contributed by atoms with E-state index in [-0.39, 0.29) is 0 Å². The lowest BCUT2D eigenvalue weighted by Gasteiger charge is -2.21. The number of fused-ring (bicyclic) bond motifs is 7. The van der Waals surface area contributed by atoms with Crippen LogP contribution in [-0.2, 0) is 12.6 Å². The van der Waals surface area contributed by atoms with Crippen LogP contribution < -0.4 is 4.43 Å². The molecule has 0 saturated heterocycles. The van der Waals surface area contributed by atoms with Gasteiger partial charge in [0.05, 0.1) is 22.2 Å². The molecule has 0 unspecified atom stereocenters. The molecule has 7 aromatic carbocycles. The normalized spacial score (nSPS) is 11.8. The Morgan fingerprint density at radius 1 is 0.500 bits per heavy atom. The monoisotopic (exact) mass is 597 g/mol. The summed E-state index contributed by atoms with van der Waals surface area (Å²) in [6.45, 7) is 0. The molecular weight excluding hydrogens is 571 g/mol. The van der Waals surface area contributed by atoms with E-state index in [0.717, 1.165) is 16.0 Å². The van der Waals surface area contributed by atoms with Crippen molar-refractivity contribution in [3.63, 3.8) is 0 Å². The van der Waals surface area contributed by atoms with Crippen molar-refractivity contribution in [3.8, 4) is 22.6 Å². The first-order valence-corrected chi connectivity index (χ1v) is 16.8. The molecule has 2 aromatic heterocycles. The lowest BCUT2D eigenvalue weighted by atomic mass is 10.0. The molecule has 0 bridgehead atoms. The first-order chi connectivity index (χ1) is 21.7. The first kappa shape index (κ1) is 25.5. The molecule has 2 heterocycles. The van der Waals surface area contributed by atoms with Crippen molar-refractivity contribution in [2.75, 3.05) is 0 Å². The third kappa shape index (κ3) is 3.88. The van der Waals surface area contributed by atoms with Crippen LogP contribution in [0.15, 0.2) is 157 Å². The van der Waals surface area contributed by atoms with Crippen molar-refractivity contribution in [3.05, 3.63) is 152 Å². The van der Waals surface area contributed by atoms with Crippen LogP contribution in [0.25, 0.3) is 70.2 Å². The van der Waals surface area contributed by atoms with Crippen LogP contribution in [-0.4, -0.2) is 13.2 Å². The molecule has 4 heteroatoms. The van der Waals surface area contributed by atoms with Crippen LogP contribution in [0.5, 0.6) is 5.75 Å². The van der Waals surface area contributed by atoms with Crippen molar-refractivity contribution in [1.82, 2.24) is 4.57 Å². The van der Waals surface area contributed by atoms with E-state index in [4.69, 9.17) is 4.43 Å². The van der Waals surface area contributed by atoms with Crippen molar-refractivity contribution < 1.29 is 4.43 Å². The molecule has 0 aliphatic heterocycles. The Bertz CT molecular complexity index is 2540. The molecule has 208 valence electrons. The van der Waals surface area contributed by atoms with Crippen LogP contribution in [0.1, 0.15) is 0 Å². The summed E-state index contributed by atoms with van der Waals surface area (Å²) in [7, 11) is -1.50. The number of rotatable bonds is 4. The van der Waals surface area contributed by atoms with Crippen LogP contribution in [0.2, 0.25) is 0 Å². The van der Waals surface area contributed by atoms with Gasteiger partial charge in [0.2, 0.25) is 0 Å². The van der Waals surface area contributed by atoms with Gasteiger partial charge in [0, 0.05) is 16.5 Å². The zero-order chi connectivity index (χ0) is 29.2. The number of benzene rings is 7. The zero-order valence-corrected chi connectivity index (χ0v) is 25.8. The van der Waals surface area contributed by atoms with E-state index in [1.54, 1.807) is 0 Å². The van der Waals surface area contributed by atoms with Crippen LogP contribution in [0, 0.1) is 0 Å². The molecule has 0 saturated carbocycles. The zero-order valence-electron chi connectivity index (χ0n) is 23.8. The Hall–Kier alpha value is -5.03. The molecule has 9 aromatic rings. The molecular formula is C40H27NOSSi. The maximum Gasteiger partial charge on any atom is 0.161 e. The van der Waals surface area contributed by atoms with E-state index in [2.05, 4.69) is 169 Å². The standard InChI is InChI=1S/C40H26NOSSi/c43-37-18-9-11-26-10-8-17-36(40(26)37)42-44-38-19-7-5-15-31(38)33-25-28(21-23-39(33)44)27-20-22-35-32(24-27)30-14-4-6-16-34(30)41(35)29-12-2-1-3-13-29/h1-25,43H/q-1/p+1. The van der Waals surface area contributed by atoms with Gasteiger partial charge in [0.1, 0.15) is 0 Å². The predicted octanol–water partition coefficient (Wildman–Crippen LogP) is 9.87. The molecule has 9 rings (SSSR count). The third-order valence-electron chi connectivity index (χ3n) is 8.82. The summed E-state index contributed by atoms with van der Waals surface area (Å²) in [4.78, 5) is 3.64. The minimum atomic E-state index is -1.50. The number of nitrogens with zero attached hydrogens (tertiary/aromatic N) is 1. The topological polar surface area (TPSA) is 14.2 Å². The van der Waals surface area contributed by atoms with Gasteiger partial charge in [-0.15, -0.1) is 9.99 Å². The van der Waals surface area contributed by atoms with Gasteiger partial charge < -0.3 is 8.99 Å². The maximum atomic E-state index is 6.99. The number of para-hydroxylation sites is 2. The maximum absolute atomic E-state index is 6.99. The van der Waals surface area contributed by atoms with Gasteiger partial charge in [0.15, 0.2) is 4.90 Å². The second-order valence-electron chi connectivity index (χ2n) is 11.3. The van der Waals surface area contributed by atoms with Gasteiger partial charge in [0.25, 0.3) is 0 Å². The molecule has 0 spiro atoms. The fraction of sp³-hybridized carbons (Fsp3) is 0. The van der Waals surface area contributed by atoms with Crippen molar-refractivity contribution >= 4 is 74.6 Å². The van der Waals surface area contributed by atoms with E-state index in [1.807, 2.05) is 0 Å². The summed E-state index contributed by atoms with van der Waals surface area (Å²) in [6, 6.07) is 54.5. The number of hydrogen-bond donors (Lipinski definition) is 0. The van der Waals surface area contributed by atoms with E-state index in [0.29, 0.717) is 0 Å². The van der Waals surface area contributed by atoms with Crippen LogP contribution in [0.4, 0.5) is 0 Å². The van der Waals surface area contributed by atoms with Gasteiger partial charge in [-0.25, -0.2) is 0 Å². The summed E-state index contributed by atoms with van der Waals surface area (Å²) in [5, 5.41) is 7.37. The minimum absolute atomic E-state index is 0.925. The van der Waals surface area contributed by atoms with E-state index < -0.39 is 8.64 Å². The molecule has 0 aliphatic carbocycles. The number of hydrogen-bond acceptors (Lipinski definition) is 1. The quantitative estimate of drug-likeness (QED) is 0.145. The molecule has 0 fully saturated rings. The van der Waals surface area contributed by atoms with Gasteiger partial charge in [-0.05, 0) is 97.1 Å². The molecule has 0 atom stereocenters. The molecule has 0 amide bonds. The van der Waals surface area contributed by atoms with Crippen LogP contribution in [0.3, 0.4) is 0 Å². The van der Waals surface area contributed by atoms with Crippen molar-refractivity contribution in [1.29, 1.82) is 0 Å². The average Bonchev–Trinajstić information content (AvgIpc) is 3.57. The summed E-state index contributed by atoms with van der Waals surface area (Å²) in [6.07, 6.45) is 0. The minimum Gasteiger partial charge on any atom is -0.679 e. The Labute approximate surface area is 261 Å². The Kier molecular flexibility index (Phi) is 5.80. The Morgan fingerprint density at radius 3 is 2.02 bits per heavy atom. The first-order valence-electron chi connectivity index (χ1n) is 14.9. The predicted molar refractivity (Wildman–Crippen MR) is 191 cm³/mol. The smallest absolute Gasteiger partial charge is 0.161 e. The summed E-state index contributed by atoms with van der Waals surface area (Å²) >= 11 is 3.83. The van der Waals surface area contributed by atoms with Gasteiger partial charge in [-0.2, -0.15) is 0 Å². The number of aromatic nitrogens is 1. The molecule has 0 aliphatic rings. The lowest BCUT2D eigenvalue weighted by molar-refractivity contribution is 0.609. The van der Waals surface area contributed by atoms with Crippen LogP contribution >= 0.6 is 0 Å². The Balaban J connectivity index is 1.22. The van der Waals surface area contributed by atoms with Gasteiger partial charge >= 0.3 is 0 Å². The highest BCUT2D eigenvalue weighted by molar-refractivity contribution is 7.59. The molecule has 0 N–H and O–H groups in total. The fourth-order valence-corrected chi connectivity index (χ4v) is 9.49. The molecule has 0 radical (unpaired) electrons. The van der Waals surface area contributed by atoms with E-state index in [9.17, 15) is 0 Å². The van der Waals surface area contributed by atoms with Crippen molar-refractivity contribution in [2.24, 2.45) is 0 Å². The molecule has 44 heavy (non-hydrogen) atoms. The van der Waals surface area contributed by atoms with Gasteiger partial charge in [-0.1, -0.05) is 103 Å². The van der Waals surface area contributed by atoms with Gasteiger partial charge in [-0.3, -0.25) is 0 Å². The van der Waals surface area contributed by atoms with Crippen molar-refractivity contribution in [2.45, 2.75) is 4.90 Å². The highest BCUT2D eigenvalue weighted by Gasteiger charge is 2.14. The summed E-state index contributed by atoms with van der Waals surface area (Å²) < 4.78 is 9.35. The lowest BCUT2D eigenvalue weighted by Crippen LogP contribution is -2.07. The highest BCUT2D eigenvalue weighted by Crippen LogP contribution is 2.38. The highest BCUT2D eigenvalue weighted by atomic mass is 32.1. The summed E-state index contributed by atoms with van der Waals surface area (Å²) in [5.74, 6) is 0.925. The van der Waals surface area contributed by atoms with E-state index >= 15 is 0 Å². The molecule has 2 nitrogen and oxygen atoms in total.